The van der Waals surface area contributed by atoms with Crippen LogP contribution in [0.25, 0.3) is 0 Å². The van der Waals surface area contributed by atoms with Crippen LogP contribution < -0.4 is 15.4 Å². The van der Waals surface area contributed by atoms with Gasteiger partial charge in [-0.1, -0.05) is 30.9 Å². The number of ether oxygens (including phenoxy) is 3. The highest BCUT2D eigenvalue weighted by molar-refractivity contribution is 14.0. The van der Waals surface area contributed by atoms with Gasteiger partial charge in [-0.2, -0.15) is 0 Å². The standard InChI is InChI=1S/C20H31N3O3.HI/c1-4-11-25-19-9-7-6-8-17(19)13-22-20(21-5-2)23-16(3)14-26-18-10-12-24-15-18;/h4,6-9,16,18H,1,5,10-15H2,2-3H3,(H2,21,22,23);1H. The Morgan fingerprint density at radius 3 is 2.96 bits per heavy atom. The van der Waals surface area contributed by atoms with Gasteiger partial charge in [-0.05, 0) is 26.3 Å². The molecule has 7 heteroatoms. The maximum absolute atomic E-state index is 5.87. The van der Waals surface area contributed by atoms with Gasteiger partial charge in [-0.25, -0.2) is 4.99 Å². The van der Waals surface area contributed by atoms with Crippen molar-refractivity contribution in [3.63, 3.8) is 0 Å². The molecule has 0 aliphatic carbocycles. The third kappa shape index (κ3) is 8.94. The van der Waals surface area contributed by atoms with E-state index in [4.69, 9.17) is 14.2 Å². The smallest absolute Gasteiger partial charge is 0.191 e. The fourth-order valence-electron chi connectivity index (χ4n) is 2.61. The van der Waals surface area contributed by atoms with Crippen LogP contribution in [0.1, 0.15) is 25.8 Å². The summed E-state index contributed by atoms with van der Waals surface area (Å²) in [6.45, 7) is 11.8. The van der Waals surface area contributed by atoms with Gasteiger partial charge in [-0.3, -0.25) is 0 Å². The minimum absolute atomic E-state index is 0. The van der Waals surface area contributed by atoms with Crippen molar-refractivity contribution in [3.05, 3.63) is 42.5 Å². The van der Waals surface area contributed by atoms with Crippen LogP contribution in [0.2, 0.25) is 0 Å². The Balaban J connectivity index is 0.00000364. The van der Waals surface area contributed by atoms with E-state index in [-0.39, 0.29) is 36.1 Å². The lowest BCUT2D eigenvalue weighted by molar-refractivity contribution is 0.0347. The Bertz CT molecular complexity index is 577. The highest BCUT2D eigenvalue weighted by Crippen LogP contribution is 2.18. The molecule has 0 saturated carbocycles. The summed E-state index contributed by atoms with van der Waals surface area (Å²) in [6, 6.07) is 8.08. The van der Waals surface area contributed by atoms with Gasteiger partial charge in [0.2, 0.25) is 0 Å². The van der Waals surface area contributed by atoms with Gasteiger partial charge in [0.15, 0.2) is 5.96 Å². The van der Waals surface area contributed by atoms with E-state index in [0.717, 1.165) is 36.8 Å². The summed E-state index contributed by atoms with van der Waals surface area (Å²) in [4.78, 5) is 4.68. The number of hydrogen-bond donors (Lipinski definition) is 2. The molecular weight excluding hydrogens is 457 g/mol. The zero-order valence-corrected chi connectivity index (χ0v) is 18.6. The molecule has 27 heavy (non-hydrogen) atoms. The van der Waals surface area contributed by atoms with Gasteiger partial charge >= 0.3 is 0 Å². The number of para-hydroxylation sites is 1. The molecule has 1 fully saturated rings. The molecule has 1 aliphatic heterocycles. The third-order valence-electron chi connectivity index (χ3n) is 3.93. The van der Waals surface area contributed by atoms with Crippen LogP contribution in [0, 0.1) is 0 Å². The van der Waals surface area contributed by atoms with E-state index < -0.39 is 0 Å². The first-order chi connectivity index (χ1) is 12.7. The van der Waals surface area contributed by atoms with E-state index in [2.05, 4.69) is 36.1 Å². The van der Waals surface area contributed by atoms with Gasteiger partial charge < -0.3 is 24.8 Å². The molecule has 1 heterocycles. The van der Waals surface area contributed by atoms with Gasteiger partial charge in [0.05, 0.1) is 25.9 Å². The zero-order chi connectivity index (χ0) is 18.6. The van der Waals surface area contributed by atoms with Crippen molar-refractivity contribution in [1.29, 1.82) is 0 Å². The number of nitrogens with one attached hydrogen (secondary N) is 2. The van der Waals surface area contributed by atoms with E-state index >= 15 is 0 Å². The number of nitrogens with zero attached hydrogens (tertiary/aromatic N) is 1. The molecule has 1 aromatic carbocycles. The van der Waals surface area contributed by atoms with Crippen LogP contribution in [0.15, 0.2) is 41.9 Å². The van der Waals surface area contributed by atoms with Gasteiger partial charge in [0.25, 0.3) is 0 Å². The molecule has 2 unspecified atom stereocenters. The van der Waals surface area contributed by atoms with E-state index in [9.17, 15) is 0 Å². The molecule has 2 rings (SSSR count). The van der Waals surface area contributed by atoms with E-state index in [0.29, 0.717) is 26.4 Å². The first kappa shape index (κ1) is 23.7. The Hall–Kier alpha value is -1.32. The molecule has 0 radical (unpaired) electrons. The summed E-state index contributed by atoms with van der Waals surface area (Å²) in [6.07, 6.45) is 2.93. The molecule has 1 aromatic rings. The minimum atomic E-state index is 0. The zero-order valence-electron chi connectivity index (χ0n) is 16.3. The third-order valence-corrected chi connectivity index (χ3v) is 3.93. The molecule has 152 valence electrons. The van der Waals surface area contributed by atoms with Gasteiger partial charge in [0, 0.05) is 24.8 Å². The summed E-state index contributed by atoms with van der Waals surface area (Å²) < 4.78 is 16.9. The number of hydrogen-bond acceptors (Lipinski definition) is 4. The predicted octanol–water partition coefficient (Wildman–Crippen LogP) is 3.12. The van der Waals surface area contributed by atoms with Crippen LogP contribution in [0.3, 0.4) is 0 Å². The Labute approximate surface area is 179 Å². The number of aliphatic imine (C=N–C) groups is 1. The van der Waals surface area contributed by atoms with E-state index in [1.54, 1.807) is 6.08 Å². The van der Waals surface area contributed by atoms with Crippen molar-refractivity contribution in [2.75, 3.05) is 33.0 Å². The SMILES string of the molecule is C=CCOc1ccccc1CN=C(NCC)NC(C)COC1CCOC1.I. The van der Waals surface area contributed by atoms with Crippen molar-refractivity contribution >= 4 is 29.9 Å². The maximum Gasteiger partial charge on any atom is 0.191 e. The van der Waals surface area contributed by atoms with Gasteiger partial charge in [-0.15, -0.1) is 24.0 Å². The Kier molecular flexibility index (Phi) is 12.1. The quantitative estimate of drug-likeness (QED) is 0.229. The Morgan fingerprint density at radius 2 is 2.26 bits per heavy atom. The second kappa shape index (κ2) is 13.8. The lowest BCUT2D eigenvalue weighted by Gasteiger charge is -2.19. The van der Waals surface area contributed by atoms with Crippen LogP contribution in [-0.2, 0) is 16.0 Å². The minimum Gasteiger partial charge on any atom is -0.489 e. The van der Waals surface area contributed by atoms with Crippen molar-refractivity contribution in [2.24, 2.45) is 4.99 Å². The van der Waals surface area contributed by atoms with E-state index in [1.165, 1.54) is 0 Å². The van der Waals surface area contributed by atoms with Crippen LogP contribution in [0.5, 0.6) is 5.75 Å². The molecular formula is C20H32IN3O3. The first-order valence-electron chi connectivity index (χ1n) is 9.28. The summed E-state index contributed by atoms with van der Waals surface area (Å²) in [5, 5.41) is 6.67. The number of halogens is 1. The molecule has 0 bridgehead atoms. The molecule has 1 aliphatic rings. The second-order valence-corrected chi connectivity index (χ2v) is 6.27. The number of guanidine groups is 1. The summed E-state index contributed by atoms with van der Waals surface area (Å²) in [5.41, 5.74) is 1.04. The second-order valence-electron chi connectivity index (χ2n) is 6.27. The predicted molar refractivity (Wildman–Crippen MR) is 120 cm³/mol. The Morgan fingerprint density at radius 1 is 1.44 bits per heavy atom. The summed E-state index contributed by atoms with van der Waals surface area (Å²) in [7, 11) is 0. The normalized spacial score (nSPS) is 17.7. The molecule has 0 spiro atoms. The first-order valence-corrected chi connectivity index (χ1v) is 9.28. The number of rotatable bonds is 10. The lowest BCUT2D eigenvalue weighted by Crippen LogP contribution is -2.44. The van der Waals surface area contributed by atoms with Crippen molar-refractivity contribution < 1.29 is 14.2 Å². The lowest BCUT2D eigenvalue weighted by atomic mass is 10.2. The van der Waals surface area contributed by atoms with Crippen molar-refractivity contribution in [1.82, 2.24) is 10.6 Å². The average molecular weight is 489 g/mol. The fourth-order valence-corrected chi connectivity index (χ4v) is 2.61. The monoisotopic (exact) mass is 489 g/mol. The summed E-state index contributed by atoms with van der Waals surface area (Å²) >= 11 is 0. The van der Waals surface area contributed by atoms with Crippen LogP contribution >= 0.6 is 24.0 Å². The molecule has 0 aromatic heterocycles. The number of benzene rings is 1. The van der Waals surface area contributed by atoms with Crippen molar-refractivity contribution in [2.45, 2.75) is 39.0 Å². The fraction of sp³-hybridized carbons (Fsp3) is 0.550. The van der Waals surface area contributed by atoms with Gasteiger partial charge in [0.1, 0.15) is 12.4 Å². The maximum atomic E-state index is 5.87. The topological polar surface area (TPSA) is 64.1 Å². The molecule has 1 saturated heterocycles. The summed E-state index contributed by atoms with van der Waals surface area (Å²) in [5.74, 6) is 1.61. The van der Waals surface area contributed by atoms with Crippen LogP contribution in [-0.4, -0.2) is 51.1 Å². The molecule has 2 N–H and O–H groups in total. The highest BCUT2D eigenvalue weighted by atomic mass is 127. The van der Waals surface area contributed by atoms with Crippen molar-refractivity contribution in [3.8, 4) is 5.75 Å². The average Bonchev–Trinajstić information content (AvgIpc) is 3.17. The molecule has 2 atom stereocenters. The van der Waals surface area contributed by atoms with E-state index in [1.807, 2.05) is 24.3 Å². The largest absolute Gasteiger partial charge is 0.489 e. The molecule has 6 nitrogen and oxygen atoms in total. The molecule has 0 amide bonds. The van der Waals surface area contributed by atoms with Crippen LogP contribution in [0.4, 0.5) is 0 Å². The highest BCUT2D eigenvalue weighted by Gasteiger charge is 2.17.